The molecule has 0 spiro atoms. The molecule has 1 aromatic heterocycles. The first-order valence-corrected chi connectivity index (χ1v) is 4.94. The Kier molecular flexibility index (Phi) is 3.06. The van der Waals surface area contributed by atoms with Gasteiger partial charge in [-0.2, -0.15) is 4.98 Å². The molecule has 0 aliphatic heterocycles. The maximum Gasteiger partial charge on any atom is 0.222 e. The maximum atomic E-state index is 13.3. The Labute approximate surface area is 100 Å². The van der Waals surface area contributed by atoms with E-state index in [1.165, 1.54) is 12.1 Å². The zero-order chi connectivity index (χ0) is 12.4. The third kappa shape index (κ3) is 2.59. The molecule has 0 amide bonds. The van der Waals surface area contributed by atoms with Crippen molar-refractivity contribution in [2.24, 2.45) is 0 Å². The molecule has 2 aromatic rings. The van der Waals surface area contributed by atoms with E-state index in [1.807, 2.05) is 0 Å². The van der Waals surface area contributed by atoms with Gasteiger partial charge < -0.3 is 11.1 Å². The molecule has 0 aliphatic rings. The first-order chi connectivity index (χ1) is 8.06. The van der Waals surface area contributed by atoms with Gasteiger partial charge in [0.1, 0.15) is 5.82 Å². The van der Waals surface area contributed by atoms with E-state index in [9.17, 15) is 8.78 Å². The smallest absolute Gasteiger partial charge is 0.222 e. The van der Waals surface area contributed by atoms with Crippen LogP contribution in [0.2, 0.25) is 5.02 Å². The first-order valence-electron chi connectivity index (χ1n) is 4.56. The number of nitrogens with zero attached hydrogens (tertiary/aromatic N) is 2. The highest BCUT2D eigenvalue weighted by molar-refractivity contribution is 6.33. The number of nitrogens with one attached hydrogen (secondary N) is 1. The Morgan fingerprint density at radius 2 is 2.06 bits per heavy atom. The van der Waals surface area contributed by atoms with Gasteiger partial charge in [-0.1, -0.05) is 11.6 Å². The lowest BCUT2D eigenvalue weighted by Gasteiger charge is -2.08. The Hall–Kier alpha value is -1.95. The largest absolute Gasteiger partial charge is 0.368 e. The van der Waals surface area contributed by atoms with Gasteiger partial charge in [-0.05, 0) is 18.2 Å². The summed E-state index contributed by atoms with van der Waals surface area (Å²) in [6.07, 6.45) is 0.933. The lowest BCUT2D eigenvalue weighted by Crippen LogP contribution is -2.02. The van der Waals surface area contributed by atoms with Crippen LogP contribution in [-0.2, 0) is 0 Å². The van der Waals surface area contributed by atoms with Crippen LogP contribution in [0.4, 0.5) is 26.2 Å². The molecular formula is C10H7ClF2N4. The molecule has 1 aromatic carbocycles. The number of halogens is 3. The highest BCUT2D eigenvalue weighted by Crippen LogP contribution is 2.26. The number of nitrogen functional groups attached to an aromatic ring is 1. The van der Waals surface area contributed by atoms with Crippen LogP contribution in [0.15, 0.2) is 24.4 Å². The van der Waals surface area contributed by atoms with Crippen molar-refractivity contribution in [1.82, 2.24) is 9.97 Å². The Balaban J connectivity index is 2.34. The van der Waals surface area contributed by atoms with Crippen LogP contribution in [0.5, 0.6) is 0 Å². The predicted octanol–water partition coefficient (Wildman–Crippen LogP) is 2.73. The molecule has 4 nitrogen and oxygen atoms in total. The first kappa shape index (κ1) is 11.5. The van der Waals surface area contributed by atoms with Crippen molar-refractivity contribution in [3.63, 3.8) is 0 Å². The normalized spacial score (nSPS) is 10.3. The minimum Gasteiger partial charge on any atom is -0.368 e. The van der Waals surface area contributed by atoms with Crippen LogP contribution in [0.1, 0.15) is 0 Å². The SMILES string of the molecule is Nc1ncc(F)c(Nc2ccc(F)cc2Cl)n1. The number of hydrogen-bond donors (Lipinski definition) is 2. The highest BCUT2D eigenvalue weighted by Gasteiger charge is 2.08. The molecule has 7 heteroatoms. The Morgan fingerprint density at radius 3 is 2.76 bits per heavy atom. The molecule has 0 fully saturated rings. The summed E-state index contributed by atoms with van der Waals surface area (Å²) in [6, 6.07) is 3.67. The molecule has 17 heavy (non-hydrogen) atoms. The number of benzene rings is 1. The van der Waals surface area contributed by atoms with Crippen molar-refractivity contribution in [3.8, 4) is 0 Å². The molecule has 0 saturated carbocycles. The minimum absolute atomic E-state index is 0.0767. The van der Waals surface area contributed by atoms with Gasteiger partial charge >= 0.3 is 0 Å². The molecule has 3 N–H and O–H groups in total. The fourth-order valence-corrected chi connectivity index (χ4v) is 1.40. The van der Waals surface area contributed by atoms with E-state index < -0.39 is 11.6 Å². The van der Waals surface area contributed by atoms with E-state index in [-0.39, 0.29) is 16.8 Å². The van der Waals surface area contributed by atoms with Crippen molar-refractivity contribution < 1.29 is 8.78 Å². The summed E-state index contributed by atoms with van der Waals surface area (Å²) in [7, 11) is 0. The van der Waals surface area contributed by atoms with Gasteiger partial charge in [0.2, 0.25) is 5.95 Å². The Morgan fingerprint density at radius 1 is 1.29 bits per heavy atom. The Bertz CT molecular complexity index is 562. The third-order valence-corrected chi connectivity index (χ3v) is 2.26. The molecule has 0 radical (unpaired) electrons. The quantitative estimate of drug-likeness (QED) is 0.867. The van der Waals surface area contributed by atoms with Crippen LogP contribution in [0.25, 0.3) is 0 Å². The second-order valence-corrected chi connectivity index (χ2v) is 3.58. The molecule has 1 heterocycles. The van der Waals surface area contributed by atoms with Gasteiger partial charge in [0, 0.05) is 0 Å². The molecule has 0 aliphatic carbocycles. The maximum absolute atomic E-state index is 13.3. The van der Waals surface area contributed by atoms with Gasteiger partial charge in [-0.25, -0.2) is 13.8 Å². The van der Waals surface area contributed by atoms with E-state index in [1.54, 1.807) is 0 Å². The van der Waals surface area contributed by atoms with Crippen LogP contribution >= 0.6 is 11.6 Å². The summed E-state index contributed by atoms with van der Waals surface area (Å²) >= 11 is 5.77. The van der Waals surface area contributed by atoms with Gasteiger partial charge in [0.25, 0.3) is 0 Å². The molecular weight excluding hydrogens is 250 g/mol. The zero-order valence-corrected chi connectivity index (χ0v) is 9.17. The van der Waals surface area contributed by atoms with Crippen molar-refractivity contribution in [2.45, 2.75) is 0 Å². The molecule has 0 unspecified atom stereocenters. The highest BCUT2D eigenvalue weighted by atomic mass is 35.5. The second kappa shape index (κ2) is 4.50. The van der Waals surface area contributed by atoms with Crippen molar-refractivity contribution >= 4 is 29.1 Å². The fraction of sp³-hybridized carbons (Fsp3) is 0. The zero-order valence-electron chi connectivity index (χ0n) is 8.42. The van der Waals surface area contributed by atoms with Crippen LogP contribution in [0.3, 0.4) is 0 Å². The van der Waals surface area contributed by atoms with E-state index >= 15 is 0 Å². The molecule has 0 bridgehead atoms. The molecule has 0 saturated heterocycles. The molecule has 2 rings (SSSR count). The topological polar surface area (TPSA) is 63.8 Å². The monoisotopic (exact) mass is 256 g/mol. The third-order valence-electron chi connectivity index (χ3n) is 1.95. The average molecular weight is 257 g/mol. The van der Waals surface area contributed by atoms with E-state index in [0.29, 0.717) is 5.69 Å². The summed E-state index contributed by atoms with van der Waals surface area (Å²) in [5.74, 6) is -1.36. The van der Waals surface area contributed by atoms with Crippen molar-refractivity contribution in [2.75, 3.05) is 11.1 Å². The fourth-order valence-electron chi connectivity index (χ4n) is 1.19. The summed E-state index contributed by atoms with van der Waals surface area (Å²) in [6.45, 7) is 0. The van der Waals surface area contributed by atoms with Crippen molar-refractivity contribution in [1.29, 1.82) is 0 Å². The van der Waals surface area contributed by atoms with E-state index in [2.05, 4.69) is 15.3 Å². The minimum atomic E-state index is -0.681. The van der Waals surface area contributed by atoms with Gasteiger partial charge in [-0.15, -0.1) is 0 Å². The molecule has 88 valence electrons. The number of aromatic nitrogens is 2. The van der Waals surface area contributed by atoms with Crippen LogP contribution in [-0.4, -0.2) is 9.97 Å². The van der Waals surface area contributed by atoms with Gasteiger partial charge in [0.15, 0.2) is 11.6 Å². The number of rotatable bonds is 2. The molecule has 0 atom stereocenters. The average Bonchev–Trinajstić information content (AvgIpc) is 2.27. The predicted molar refractivity (Wildman–Crippen MR) is 61.1 cm³/mol. The summed E-state index contributed by atoms with van der Waals surface area (Å²) in [5.41, 5.74) is 5.65. The summed E-state index contributed by atoms with van der Waals surface area (Å²) in [4.78, 5) is 7.14. The van der Waals surface area contributed by atoms with Crippen LogP contribution < -0.4 is 11.1 Å². The van der Waals surface area contributed by atoms with Crippen LogP contribution in [0, 0.1) is 11.6 Å². The number of hydrogen-bond acceptors (Lipinski definition) is 4. The van der Waals surface area contributed by atoms with E-state index in [4.69, 9.17) is 17.3 Å². The second-order valence-electron chi connectivity index (χ2n) is 3.17. The lowest BCUT2D eigenvalue weighted by molar-refractivity contribution is 0.619. The number of nitrogens with two attached hydrogens (primary N) is 1. The lowest BCUT2D eigenvalue weighted by atomic mass is 10.3. The van der Waals surface area contributed by atoms with E-state index in [0.717, 1.165) is 12.3 Å². The number of anilines is 3. The van der Waals surface area contributed by atoms with Gasteiger partial charge in [-0.3, -0.25) is 0 Å². The standard InChI is InChI=1S/C10H7ClF2N4/c11-6-3-5(12)1-2-8(6)16-9-7(13)4-15-10(14)17-9/h1-4H,(H3,14,15,16,17). The van der Waals surface area contributed by atoms with Gasteiger partial charge in [0.05, 0.1) is 16.9 Å². The summed E-state index contributed by atoms with van der Waals surface area (Å²) in [5, 5.41) is 2.72. The van der Waals surface area contributed by atoms with Crippen molar-refractivity contribution in [3.05, 3.63) is 41.1 Å². The summed E-state index contributed by atoms with van der Waals surface area (Å²) < 4.78 is 26.1.